The van der Waals surface area contributed by atoms with Crippen molar-refractivity contribution in [3.63, 3.8) is 0 Å². The van der Waals surface area contributed by atoms with Crippen molar-refractivity contribution in [1.82, 2.24) is 9.80 Å². The van der Waals surface area contributed by atoms with Crippen LogP contribution in [0.25, 0.3) is 0 Å². The molecule has 0 radical (unpaired) electrons. The van der Waals surface area contributed by atoms with E-state index in [4.69, 9.17) is 5.73 Å². The monoisotopic (exact) mass is 343 g/mol. The molecule has 0 spiro atoms. The van der Waals surface area contributed by atoms with Crippen LogP contribution in [-0.4, -0.2) is 49.6 Å². The van der Waals surface area contributed by atoms with Gasteiger partial charge in [0.25, 0.3) is 0 Å². The third kappa shape index (κ3) is 3.58. The molecule has 0 saturated carbocycles. The molecule has 0 bridgehead atoms. The summed E-state index contributed by atoms with van der Waals surface area (Å²) in [5.41, 5.74) is 7.00. The highest BCUT2D eigenvalue weighted by atomic mass is 79.9. The molecule has 1 aliphatic rings. The number of likely N-dealkylation sites (N-methyl/N-ethyl adjacent to an activating group) is 2. The third-order valence-corrected chi connectivity index (χ3v) is 4.93. The lowest BCUT2D eigenvalue weighted by molar-refractivity contribution is 0.179. The second-order valence-electron chi connectivity index (χ2n) is 5.63. The highest BCUT2D eigenvalue weighted by molar-refractivity contribution is 9.10. The van der Waals surface area contributed by atoms with Gasteiger partial charge in [0.2, 0.25) is 0 Å². The van der Waals surface area contributed by atoms with Crippen molar-refractivity contribution < 1.29 is 4.39 Å². The van der Waals surface area contributed by atoms with Crippen molar-refractivity contribution >= 4 is 15.9 Å². The summed E-state index contributed by atoms with van der Waals surface area (Å²) in [5, 5.41) is 0. The van der Waals surface area contributed by atoms with Crippen molar-refractivity contribution in [2.75, 3.05) is 33.7 Å². The number of nitrogens with zero attached hydrogens (tertiary/aromatic N) is 2. The Balaban J connectivity index is 2.10. The smallest absolute Gasteiger partial charge is 0.124 e. The van der Waals surface area contributed by atoms with E-state index >= 15 is 0 Å². The first-order valence-electron chi connectivity index (χ1n) is 7.08. The lowest BCUT2D eigenvalue weighted by Crippen LogP contribution is -2.40. The van der Waals surface area contributed by atoms with Gasteiger partial charge in [-0.1, -0.05) is 22.0 Å². The van der Waals surface area contributed by atoms with Crippen LogP contribution in [0.2, 0.25) is 0 Å². The maximum atomic E-state index is 13.2. The van der Waals surface area contributed by atoms with Crippen molar-refractivity contribution in [3.05, 3.63) is 34.1 Å². The Morgan fingerprint density at radius 2 is 2.30 bits per heavy atom. The van der Waals surface area contributed by atoms with Crippen LogP contribution in [0.1, 0.15) is 24.4 Å². The van der Waals surface area contributed by atoms with Gasteiger partial charge < -0.3 is 10.6 Å². The van der Waals surface area contributed by atoms with Crippen LogP contribution in [0.15, 0.2) is 22.7 Å². The Morgan fingerprint density at radius 1 is 1.55 bits per heavy atom. The van der Waals surface area contributed by atoms with E-state index in [1.165, 1.54) is 31.5 Å². The Hall–Kier alpha value is -0.490. The van der Waals surface area contributed by atoms with Crippen molar-refractivity contribution in [3.8, 4) is 0 Å². The van der Waals surface area contributed by atoms with E-state index in [1.807, 2.05) is 6.07 Å². The Labute approximate surface area is 129 Å². The van der Waals surface area contributed by atoms with Gasteiger partial charge in [-0.05, 0) is 51.2 Å². The predicted octanol–water partition coefficient (Wildman–Crippen LogP) is 2.61. The summed E-state index contributed by atoms with van der Waals surface area (Å²) in [6.45, 7) is 2.69. The first-order valence-corrected chi connectivity index (χ1v) is 7.87. The van der Waals surface area contributed by atoms with Gasteiger partial charge in [0.15, 0.2) is 0 Å². The molecular formula is C15H23BrFN3. The van der Waals surface area contributed by atoms with Crippen molar-refractivity contribution in [2.24, 2.45) is 5.73 Å². The fourth-order valence-corrected chi connectivity index (χ4v) is 3.60. The maximum absolute atomic E-state index is 13.2. The standard InChI is InChI=1S/C15H23BrFN3/c1-19-7-3-4-12(19)10-20(2)15(9-18)13-6-5-11(17)8-14(13)16/h5-6,8,12,15H,3-4,7,9-10,18H2,1-2H3. The van der Waals surface area contributed by atoms with Crippen LogP contribution in [-0.2, 0) is 0 Å². The van der Waals surface area contributed by atoms with Gasteiger partial charge in [-0.3, -0.25) is 4.90 Å². The maximum Gasteiger partial charge on any atom is 0.124 e. The molecule has 0 aromatic heterocycles. The van der Waals surface area contributed by atoms with E-state index in [-0.39, 0.29) is 11.9 Å². The fraction of sp³-hybridized carbons (Fsp3) is 0.600. The minimum Gasteiger partial charge on any atom is -0.329 e. The zero-order valence-electron chi connectivity index (χ0n) is 12.1. The van der Waals surface area contributed by atoms with Crippen LogP contribution in [0.4, 0.5) is 4.39 Å². The number of halogens is 2. The molecule has 112 valence electrons. The van der Waals surface area contributed by atoms with Gasteiger partial charge in [0.1, 0.15) is 5.82 Å². The van der Waals surface area contributed by atoms with Crippen LogP contribution in [0.5, 0.6) is 0 Å². The van der Waals surface area contributed by atoms with Crippen LogP contribution < -0.4 is 5.73 Å². The van der Waals surface area contributed by atoms with E-state index in [9.17, 15) is 4.39 Å². The topological polar surface area (TPSA) is 32.5 Å². The molecule has 0 aliphatic carbocycles. The van der Waals surface area contributed by atoms with E-state index in [0.717, 1.165) is 16.6 Å². The van der Waals surface area contributed by atoms with E-state index in [2.05, 4.69) is 39.8 Å². The number of nitrogens with two attached hydrogens (primary N) is 1. The first kappa shape index (κ1) is 15.9. The zero-order valence-corrected chi connectivity index (χ0v) is 13.7. The van der Waals surface area contributed by atoms with Crippen molar-refractivity contribution in [1.29, 1.82) is 0 Å². The zero-order chi connectivity index (χ0) is 14.7. The van der Waals surface area contributed by atoms with Gasteiger partial charge in [-0.2, -0.15) is 0 Å². The Kier molecular flexibility index (Phi) is 5.55. The van der Waals surface area contributed by atoms with Gasteiger partial charge in [0.05, 0.1) is 0 Å². The second kappa shape index (κ2) is 6.98. The molecule has 2 unspecified atom stereocenters. The normalized spacial score (nSPS) is 21.6. The summed E-state index contributed by atoms with van der Waals surface area (Å²) in [7, 11) is 4.27. The number of rotatable bonds is 5. The summed E-state index contributed by atoms with van der Waals surface area (Å²) in [4.78, 5) is 4.69. The average molecular weight is 344 g/mol. The van der Waals surface area contributed by atoms with E-state index < -0.39 is 0 Å². The van der Waals surface area contributed by atoms with E-state index in [1.54, 1.807) is 0 Å². The Morgan fingerprint density at radius 3 is 2.85 bits per heavy atom. The van der Waals surface area contributed by atoms with Crippen LogP contribution in [0, 0.1) is 5.82 Å². The molecular weight excluding hydrogens is 321 g/mol. The molecule has 2 N–H and O–H groups in total. The largest absolute Gasteiger partial charge is 0.329 e. The minimum atomic E-state index is -0.227. The molecule has 5 heteroatoms. The molecule has 1 heterocycles. The van der Waals surface area contributed by atoms with Gasteiger partial charge >= 0.3 is 0 Å². The summed E-state index contributed by atoms with van der Waals surface area (Å²) >= 11 is 3.45. The summed E-state index contributed by atoms with van der Waals surface area (Å²) in [6.07, 6.45) is 2.51. The molecule has 1 aromatic carbocycles. The van der Waals surface area contributed by atoms with Crippen LogP contribution in [0.3, 0.4) is 0 Å². The van der Waals surface area contributed by atoms with E-state index in [0.29, 0.717) is 12.6 Å². The highest BCUT2D eigenvalue weighted by Gasteiger charge is 2.26. The molecule has 2 rings (SSSR count). The van der Waals surface area contributed by atoms with Gasteiger partial charge in [0, 0.05) is 29.6 Å². The summed E-state index contributed by atoms with van der Waals surface area (Å²) in [6, 6.07) is 5.53. The number of likely N-dealkylation sites (tertiary alicyclic amines) is 1. The molecule has 1 fully saturated rings. The lowest BCUT2D eigenvalue weighted by Gasteiger charge is -2.32. The predicted molar refractivity (Wildman–Crippen MR) is 84.2 cm³/mol. The molecule has 20 heavy (non-hydrogen) atoms. The molecule has 0 amide bonds. The molecule has 3 nitrogen and oxygen atoms in total. The number of benzene rings is 1. The minimum absolute atomic E-state index is 0.110. The molecule has 1 saturated heterocycles. The second-order valence-corrected chi connectivity index (χ2v) is 6.49. The third-order valence-electron chi connectivity index (χ3n) is 4.25. The Bertz CT molecular complexity index is 455. The average Bonchev–Trinajstić information content (AvgIpc) is 2.78. The lowest BCUT2D eigenvalue weighted by atomic mass is 10.0. The fourth-order valence-electron chi connectivity index (χ4n) is 2.99. The van der Waals surface area contributed by atoms with Gasteiger partial charge in [-0.15, -0.1) is 0 Å². The molecule has 2 atom stereocenters. The van der Waals surface area contributed by atoms with Crippen LogP contribution >= 0.6 is 15.9 Å². The summed E-state index contributed by atoms with van der Waals surface area (Å²) in [5.74, 6) is -0.227. The highest BCUT2D eigenvalue weighted by Crippen LogP contribution is 2.28. The summed E-state index contributed by atoms with van der Waals surface area (Å²) < 4.78 is 14.0. The molecule has 1 aromatic rings. The van der Waals surface area contributed by atoms with Crippen molar-refractivity contribution in [2.45, 2.75) is 24.9 Å². The molecule has 1 aliphatic heterocycles. The SMILES string of the molecule is CN1CCCC1CN(C)C(CN)c1ccc(F)cc1Br. The quantitative estimate of drug-likeness (QED) is 0.891. The number of hydrogen-bond acceptors (Lipinski definition) is 3. The first-order chi connectivity index (χ1) is 9.52. The number of hydrogen-bond donors (Lipinski definition) is 1. The van der Waals surface area contributed by atoms with Gasteiger partial charge in [-0.25, -0.2) is 4.39 Å².